The van der Waals surface area contributed by atoms with Gasteiger partial charge in [-0.15, -0.1) is 0 Å². The maximum atomic E-state index is 2.77. The first-order valence-electron chi connectivity index (χ1n) is 27.1. The summed E-state index contributed by atoms with van der Waals surface area (Å²) in [7, 11) is 0. The Morgan fingerprint density at radius 2 is 1.30 bits per heavy atom. The van der Waals surface area contributed by atoms with Gasteiger partial charge in [0, 0.05) is 89.5 Å². The topological polar surface area (TPSA) is 14.7 Å². The number of hydrogen-bond acceptors (Lipinski definition) is 3. The first-order valence-corrected chi connectivity index (χ1v) is 27.1. The van der Waals surface area contributed by atoms with E-state index in [0.29, 0.717) is 29.8 Å². The number of aromatic nitrogens is 1. The van der Waals surface area contributed by atoms with Crippen LogP contribution in [0.25, 0.3) is 38.6 Å². The summed E-state index contributed by atoms with van der Waals surface area (Å²) in [5, 5.41) is 2.60. The Morgan fingerprint density at radius 1 is 0.548 bits per heavy atom. The van der Waals surface area contributed by atoms with Gasteiger partial charge in [-0.3, -0.25) is 9.80 Å². The molecule has 15 rings (SSSR count). The molecule has 0 amide bonds. The number of rotatable bonds is 8. The number of anilines is 2. The molecule has 0 radical (unpaired) electrons. The van der Waals surface area contributed by atoms with Crippen LogP contribution in [0.2, 0.25) is 0 Å². The molecule has 4 nitrogen and oxygen atoms in total. The number of benzene rings is 6. The van der Waals surface area contributed by atoms with Crippen LogP contribution in [-0.4, -0.2) is 52.6 Å². The summed E-state index contributed by atoms with van der Waals surface area (Å²) in [5.41, 5.74) is 18.4. The van der Waals surface area contributed by atoms with Gasteiger partial charge >= 0.3 is 0 Å². The number of fused-ring (bicyclic) bond motifs is 6. The summed E-state index contributed by atoms with van der Waals surface area (Å²) in [5.74, 6) is 1.23. The normalized spacial score (nSPS) is 26.7. The van der Waals surface area contributed by atoms with Gasteiger partial charge < -0.3 is 9.47 Å². The van der Waals surface area contributed by atoms with Gasteiger partial charge in [0.2, 0.25) is 0 Å². The average Bonchev–Trinajstić information content (AvgIpc) is 3.95. The second-order valence-corrected chi connectivity index (χ2v) is 21.6. The molecule has 0 saturated carbocycles. The Labute approximate surface area is 430 Å². The van der Waals surface area contributed by atoms with Crippen LogP contribution in [0.15, 0.2) is 253 Å². The third kappa shape index (κ3) is 6.66. The number of piperazine rings is 1. The molecular formula is C69H60N4. The highest BCUT2D eigenvalue weighted by atomic mass is 15.3. The molecular weight excluding hydrogens is 885 g/mol. The lowest BCUT2D eigenvalue weighted by atomic mass is 9.61. The fraction of sp³-hybridized carbons (Fsp3) is 0.217. The Morgan fingerprint density at radius 3 is 2.12 bits per heavy atom. The van der Waals surface area contributed by atoms with Crippen LogP contribution in [0.5, 0.6) is 0 Å². The van der Waals surface area contributed by atoms with Crippen molar-refractivity contribution in [3.05, 3.63) is 270 Å². The first-order chi connectivity index (χ1) is 36.2. The third-order valence-corrected chi connectivity index (χ3v) is 18.1. The molecule has 7 aliphatic carbocycles. The predicted molar refractivity (Wildman–Crippen MR) is 302 cm³/mol. The van der Waals surface area contributed by atoms with Gasteiger partial charge in [0.1, 0.15) is 0 Å². The van der Waals surface area contributed by atoms with E-state index in [-0.39, 0.29) is 11.3 Å². The summed E-state index contributed by atoms with van der Waals surface area (Å²) >= 11 is 0. The zero-order valence-corrected chi connectivity index (χ0v) is 41.3. The molecule has 73 heavy (non-hydrogen) atoms. The van der Waals surface area contributed by atoms with Crippen molar-refractivity contribution in [3.8, 4) is 16.8 Å². The zero-order valence-electron chi connectivity index (χ0n) is 41.3. The molecule has 7 unspecified atom stereocenters. The molecule has 356 valence electrons. The number of hydrogen-bond donors (Lipinski definition) is 0. The molecule has 1 saturated heterocycles. The number of nitrogens with zero attached hydrogens (tertiary/aromatic N) is 4. The largest absolute Gasteiger partial charge is 0.314 e. The molecule has 0 spiro atoms. The fourth-order valence-electron chi connectivity index (χ4n) is 14.9. The van der Waals surface area contributed by atoms with Crippen LogP contribution >= 0.6 is 0 Å². The standard InChI is InChI=1S/C69H60N4/c1-5-17-49(18-6-1)69(50-19-7-2-8-20-50)61-27-15-13-25-55(61)59-46-66-60(45-62(59)69)56-26-14-16-28-64(56)73(66)54-35-33-53(34-36-54)72(52-23-11-4-12-24-52)65-40-32-48-29-37-57-63(39-31-47-30-38-58(65)68(48)67(47)57)71-43-41-70(42-44-71)51-21-9-3-10-22-51/h1,3-7,9-19,21,23-40,45-46,50-51,57-58,63,68H,2,8,20,22,41-44H2. The van der Waals surface area contributed by atoms with E-state index in [0.717, 1.165) is 39.0 Å². The van der Waals surface area contributed by atoms with Gasteiger partial charge in [-0.2, -0.15) is 0 Å². The van der Waals surface area contributed by atoms with Crippen LogP contribution in [0.1, 0.15) is 42.4 Å². The average molecular weight is 945 g/mol. The molecule has 1 fully saturated rings. The van der Waals surface area contributed by atoms with Crippen LogP contribution < -0.4 is 4.90 Å². The van der Waals surface area contributed by atoms with E-state index in [1.807, 2.05) is 0 Å². The van der Waals surface area contributed by atoms with Gasteiger partial charge in [0.15, 0.2) is 0 Å². The Kier molecular flexibility index (Phi) is 10.2. The van der Waals surface area contributed by atoms with Gasteiger partial charge in [-0.05, 0) is 137 Å². The second kappa shape index (κ2) is 17.3. The van der Waals surface area contributed by atoms with Crippen molar-refractivity contribution in [2.24, 2.45) is 23.7 Å². The van der Waals surface area contributed by atoms with E-state index < -0.39 is 0 Å². The summed E-state index contributed by atoms with van der Waals surface area (Å²) < 4.78 is 2.52. The molecule has 1 aromatic heterocycles. The highest BCUT2D eigenvalue weighted by Gasteiger charge is 2.50. The van der Waals surface area contributed by atoms with E-state index in [1.165, 1.54) is 96.4 Å². The van der Waals surface area contributed by atoms with Crippen molar-refractivity contribution in [1.82, 2.24) is 14.4 Å². The quantitative estimate of drug-likeness (QED) is 0.141. The minimum Gasteiger partial charge on any atom is -0.314 e. The summed E-state index contributed by atoms with van der Waals surface area (Å²) in [6.45, 7) is 4.43. The van der Waals surface area contributed by atoms with Gasteiger partial charge in [0.25, 0.3) is 0 Å². The molecule has 1 aliphatic heterocycles. The predicted octanol–water partition coefficient (Wildman–Crippen LogP) is 15.1. The lowest BCUT2D eigenvalue weighted by Crippen LogP contribution is -2.55. The van der Waals surface area contributed by atoms with Crippen molar-refractivity contribution in [2.75, 3.05) is 31.1 Å². The van der Waals surface area contributed by atoms with Gasteiger partial charge in [0.05, 0.1) is 16.4 Å². The maximum absolute atomic E-state index is 2.77. The Balaban J connectivity index is 0.800. The van der Waals surface area contributed by atoms with Crippen molar-refractivity contribution >= 4 is 33.2 Å². The Bertz CT molecular complexity index is 3620. The van der Waals surface area contributed by atoms with Crippen molar-refractivity contribution in [3.63, 3.8) is 0 Å². The smallest absolute Gasteiger partial charge is 0.0547 e. The molecule has 7 atom stereocenters. The van der Waals surface area contributed by atoms with Gasteiger partial charge in [-0.25, -0.2) is 0 Å². The van der Waals surface area contributed by atoms with E-state index in [2.05, 4.69) is 250 Å². The molecule has 8 aliphatic rings. The lowest BCUT2D eigenvalue weighted by molar-refractivity contribution is 0.0840. The zero-order chi connectivity index (χ0) is 48.0. The first kappa shape index (κ1) is 43.1. The van der Waals surface area contributed by atoms with Crippen LogP contribution in [0.3, 0.4) is 0 Å². The van der Waals surface area contributed by atoms with Gasteiger partial charge in [-0.1, -0.05) is 170 Å². The van der Waals surface area contributed by atoms with E-state index in [9.17, 15) is 0 Å². The lowest BCUT2D eigenvalue weighted by Gasteiger charge is -2.49. The summed E-state index contributed by atoms with van der Waals surface area (Å²) in [4.78, 5) is 7.99. The molecule has 7 aromatic rings. The van der Waals surface area contributed by atoms with Crippen LogP contribution in [0.4, 0.5) is 11.4 Å². The van der Waals surface area contributed by atoms with Crippen molar-refractivity contribution in [2.45, 2.75) is 43.2 Å². The van der Waals surface area contributed by atoms with Crippen molar-refractivity contribution < 1.29 is 0 Å². The number of para-hydroxylation sites is 2. The fourth-order valence-corrected chi connectivity index (χ4v) is 14.9. The number of allylic oxidation sites excluding steroid dienone is 12. The monoisotopic (exact) mass is 944 g/mol. The molecule has 2 heterocycles. The minimum atomic E-state index is -0.274. The molecule has 0 bridgehead atoms. The summed E-state index contributed by atoms with van der Waals surface area (Å²) in [6, 6.07) is 56.2. The maximum Gasteiger partial charge on any atom is 0.0547 e. The van der Waals surface area contributed by atoms with E-state index in [4.69, 9.17) is 0 Å². The van der Waals surface area contributed by atoms with E-state index >= 15 is 0 Å². The molecule has 0 N–H and O–H groups in total. The van der Waals surface area contributed by atoms with Crippen LogP contribution in [-0.2, 0) is 5.41 Å². The minimum absolute atomic E-state index is 0.204. The Hall–Kier alpha value is -7.50. The van der Waals surface area contributed by atoms with E-state index in [1.54, 1.807) is 5.57 Å². The second-order valence-electron chi connectivity index (χ2n) is 21.6. The third-order valence-electron chi connectivity index (χ3n) is 18.1. The van der Waals surface area contributed by atoms with Crippen LogP contribution in [0, 0.1) is 23.7 Å². The molecule has 4 heteroatoms. The highest BCUT2D eigenvalue weighted by Crippen LogP contribution is 2.60. The SMILES string of the molecule is C1=CCC(N2CCN(C3C=CC4=C5C3C=CC3=CC=C(N(c6ccccc6)c6ccc(-n7c8ccccc8c8cc9c(cc87)-c7ccccc7C9(c7ccccc7)C7C=CCCC7)cc6)C(C=C4)C35)CC2)C=C1. The van der Waals surface area contributed by atoms with Crippen molar-refractivity contribution in [1.29, 1.82) is 0 Å². The highest BCUT2D eigenvalue weighted by molar-refractivity contribution is 6.11. The summed E-state index contributed by atoms with van der Waals surface area (Å²) in [6.07, 6.45) is 38.5. The molecule has 6 aromatic carbocycles.